The highest BCUT2D eigenvalue weighted by Gasteiger charge is 2.30. The molecule has 5 nitrogen and oxygen atoms in total. The summed E-state index contributed by atoms with van der Waals surface area (Å²) in [4.78, 5) is 12.3. The van der Waals surface area contributed by atoms with Gasteiger partial charge in [-0.1, -0.05) is 43.3 Å². The van der Waals surface area contributed by atoms with Gasteiger partial charge in [0.15, 0.2) is 5.84 Å². The summed E-state index contributed by atoms with van der Waals surface area (Å²) < 4.78 is 0. The standard InChI is InChI=1S/C15H21N3O2/c1-9(2)13(14(16)18-20)15(19)17-12-7-10-5-3-4-6-11(10)8-12/h3-6,9,12-13,20H,7-8H2,1-2H3,(H2,16,18)(H,17,19). The van der Waals surface area contributed by atoms with E-state index in [0.29, 0.717) is 0 Å². The van der Waals surface area contributed by atoms with Gasteiger partial charge in [0, 0.05) is 6.04 Å². The van der Waals surface area contributed by atoms with E-state index in [0.717, 1.165) is 12.8 Å². The van der Waals surface area contributed by atoms with Crippen molar-refractivity contribution in [2.24, 2.45) is 22.7 Å². The molecule has 5 heteroatoms. The van der Waals surface area contributed by atoms with Gasteiger partial charge in [-0.2, -0.15) is 0 Å². The van der Waals surface area contributed by atoms with Crippen LogP contribution in [0.5, 0.6) is 0 Å². The molecule has 1 aromatic carbocycles. The van der Waals surface area contributed by atoms with Gasteiger partial charge < -0.3 is 16.3 Å². The number of benzene rings is 1. The molecule has 0 bridgehead atoms. The van der Waals surface area contributed by atoms with E-state index in [9.17, 15) is 4.79 Å². The zero-order valence-corrected chi connectivity index (χ0v) is 11.8. The molecule has 1 aromatic rings. The quantitative estimate of drug-likeness (QED) is 0.335. The predicted molar refractivity (Wildman–Crippen MR) is 77.5 cm³/mol. The first-order chi connectivity index (χ1) is 9.52. The number of amides is 1. The summed E-state index contributed by atoms with van der Waals surface area (Å²) in [6.07, 6.45) is 1.67. The van der Waals surface area contributed by atoms with Crippen LogP contribution in [0.4, 0.5) is 0 Å². The lowest BCUT2D eigenvalue weighted by atomic mass is 9.93. The predicted octanol–water partition coefficient (Wildman–Crippen LogP) is 1.29. The van der Waals surface area contributed by atoms with E-state index in [2.05, 4.69) is 22.6 Å². The molecule has 4 N–H and O–H groups in total. The summed E-state index contributed by atoms with van der Waals surface area (Å²) in [7, 11) is 0. The maximum Gasteiger partial charge on any atom is 0.231 e. The topological polar surface area (TPSA) is 87.7 Å². The van der Waals surface area contributed by atoms with Gasteiger partial charge in [0.05, 0.1) is 0 Å². The third-order valence-corrected chi connectivity index (χ3v) is 3.78. The lowest BCUT2D eigenvalue weighted by Crippen LogP contribution is -2.46. The summed E-state index contributed by atoms with van der Waals surface area (Å²) in [5.74, 6) is -0.820. The van der Waals surface area contributed by atoms with Crippen LogP contribution in [0.1, 0.15) is 25.0 Å². The van der Waals surface area contributed by atoms with Gasteiger partial charge in [0.2, 0.25) is 5.91 Å². The number of carbonyl (C=O) groups is 1. The number of nitrogens with two attached hydrogens (primary N) is 1. The summed E-state index contributed by atoms with van der Waals surface area (Å²) >= 11 is 0. The molecule has 1 aliphatic carbocycles. The van der Waals surface area contributed by atoms with E-state index < -0.39 is 5.92 Å². The van der Waals surface area contributed by atoms with Crippen LogP contribution in [-0.2, 0) is 17.6 Å². The van der Waals surface area contributed by atoms with Crippen LogP contribution in [0.2, 0.25) is 0 Å². The first kappa shape index (κ1) is 14.4. The number of amidine groups is 1. The van der Waals surface area contributed by atoms with Crippen LogP contribution in [0, 0.1) is 11.8 Å². The lowest BCUT2D eigenvalue weighted by Gasteiger charge is -2.21. The van der Waals surface area contributed by atoms with Crippen LogP contribution in [0.3, 0.4) is 0 Å². The Kier molecular flexibility index (Phi) is 4.27. The molecule has 2 rings (SSSR count). The first-order valence-electron chi connectivity index (χ1n) is 6.87. The van der Waals surface area contributed by atoms with E-state index in [-0.39, 0.29) is 23.7 Å². The van der Waals surface area contributed by atoms with Crippen molar-refractivity contribution in [3.63, 3.8) is 0 Å². The van der Waals surface area contributed by atoms with Crippen LogP contribution >= 0.6 is 0 Å². The fourth-order valence-electron chi connectivity index (χ4n) is 2.79. The van der Waals surface area contributed by atoms with Crippen molar-refractivity contribution in [2.45, 2.75) is 32.7 Å². The second-order valence-corrected chi connectivity index (χ2v) is 5.63. The molecule has 0 saturated carbocycles. The molecular weight excluding hydrogens is 254 g/mol. The highest BCUT2D eigenvalue weighted by molar-refractivity contribution is 6.02. The van der Waals surface area contributed by atoms with Gasteiger partial charge in [-0.15, -0.1) is 0 Å². The zero-order chi connectivity index (χ0) is 14.7. The molecule has 0 heterocycles. The number of hydrogen-bond acceptors (Lipinski definition) is 3. The third kappa shape index (κ3) is 2.92. The second-order valence-electron chi connectivity index (χ2n) is 5.63. The molecule has 0 fully saturated rings. The van der Waals surface area contributed by atoms with E-state index in [1.807, 2.05) is 26.0 Å². The van der Waals surface area contributed by atoms with Crippen molar-refractivity contribution in [1.82, 2.24) is 5.32 Å². The number of nitrogens with zero attached hydrogens (tertiary/aromatic N) is 1. The van der Waals surface area contributed by atoms with Gasteiger partial charge in [-0.05, 0) is 29.9 Å². The van der Waals surface area contributed by atoms with Gasteiger partial charge >= 0.3 is 0 Å². The van der Waals surface area contributed by atoms with E-state index in [4.69, 9.17) is 10.9 Å². The molecule has 20 heavy (non-hydrogen) atoms. The van der Waals surface area contributed by atoms with Crippen molar-refractivity contribution in [3.8, 4) is 0 Å². The van der Waals surface area contributed by atoms with Crippen LogP contribution < -0.4 is 11.1 Å². The summed E-state index contributed by atoms with van der Waals surface area (Å²) in [5, 5.41) is 14.8. The third-order valence-electron chi connectivity index (χ3n) is 3.78. The molecule has 0 aliphatic heterocycles. The normalized spacial score (nSPS) is 17.1. The summed E-state index contributed by atoms with van der Waals surface area (Å²) in [6.45, 7) is 3.76. The summed E-state index contributed by atoms with van der Waals surface area (Å²) in [6, 6.07) is 8.29. The van der Waals surface area contributed by atoms with E-state index >= 15 is 0 Å². The van der Waals surface area contributed by atoms with Crippen molar-refractivity contribution < 1.29 is 10.0 Å². The van der Waals surface area contributed by atoms with Gasteiger partial charge in [-0.3, -0.25) is 4.79 Å². The van der Waals surface area contributed by atoms with Crippen LogP contribution in [0.25, 0.3) is 0 Å². The van der Waals surface area contributed by atoms with Crippen molar-refractivity contribution >= 4 is 11.7 Å². The fourth-order valence-corrected chi connectivity index (χ4v) is 2.79. The Morgan fingerprint density at radius 2 is 1.90 bits per heavy atom. The number of oxime groups is 1. The van der Waals surface area contributed by atoms with Gasteiger partial charge in [-0.25, -0.2) is 0 Å². The molecule has 0 spiro atoms. The van der Waals surface area contributed by atoms with Gasteiger partial charge in [0.25, 0.3) is 0 Å². The first-order valence-corrected chi connectivity index (χ1v) is 6.87. The molecule has 108 valence electrons. The molecule has 1 aliphatic rings. The maximum absolute atomic E-state index is 12.3. The Morgan fingerprint density at radius 3 is 2.35 bits per heavy atom. The Hall–Kier alpha value is -2.04. The summed E-state index contributed by atoms with van der Waals surface area (Å²) in [5.41, 5.74) is 8.18. The minimum Gasteiger partial charge on any atom is -0.409 e. The highest BCUT2D eigenvalue weighted by atomic mass is 16.4. The van der Waals surface area contributed by atoms with Crippen molar-refractivity contribution in [2.75, 3.05) is 0 Å². The minimum absolute atomic E-state index is 0.0188. The highest BCUT2D eigenvalue weighted by Crippen LogP contribution is 2.22. The Bertz CT molecular complexity index is 501. The number of rotatable bonds is 4. The molecule has 1 amide bonds. The molecule has 0 saturated heterocycles. The Labute approximate surface area is 118 Å². The van der Waals surface area contributed by atoms with E-state index in [1.165, 1.54) is 11.1 Å². The van der Waals surface area contributed by atoms with Crippen molar-refractivity contribution in [1.29, 1.82) is 0 Å². The second kappa shape index (κ2) is 5.94. The molecule has 0 radical (unpaired) electrons. The van der Waals surface area contributed by atoms with E-state index in [1.54, 1.807) is 0 Å². The average molecular weight is 275 g/mol. The lowest BCUT2D eigenvalue weighted by molar-refractivity contribution is -0.124. The Balaban J connectivity index is 2.02. The number of carbonyl (C=O) groups excluding carboxylic acids is 1. The van der Waals surface area contributed by atoms with Crippen LogP contribution in [0.15, 0.2) is 29.4 Å². The average Bonchev–Trinajstić information content (AvgIpc) is 2.80. The maximum atomic E-state index is 12.3. The number of hydrogen-bond donors (Lipinski definition) is 3. The minimum atomic E-state index is -0.594. The number of fused-ring (bicyclic) bond motifs is 1. The fraction of sp³-hybridized carbons (Fsp3) is 0.467. The smallest absolute Gasteiger partial charge is 0.231 e. The largest absolute Gasteiger partial charge is 0.409 e. The molecule has 0 aromatic heterocycles. The SMILES string of the molecule is CC(C)C(C(=O)NC1Cc2ccccc2C1)/C(N)=N/O. The zero-order valence-electron chi connectivity index (χ0n) is 11.8. The number of nitrogens with one attached hydrogen (secondary N) is 1. The monoisotopic (exact) mass is 275 g/mol. The molecular formula is C15H21N3O2. The van der Waals surface area contributed by atoms with Crippen molar-refractivity contribution in [3.05, 3.63) is 35.4 Å². The Morgan fingerprint density at radius 1 is 1.35 bits per heavy atom. The van der Waals surface area contributed by atoms with Gasteiger partial charge in [0.1, 0.15) is 5.92 Å². The molecule has 1 unspecified atom stereocenters. The van der Waals surface area contributed by atoms with Crippen LogP contribution in [-0.4, -0.2) is 23.0 Å². The molecule has 1 atom stereocenters.